The predicted octanol–water partition coefficient (Wildman–Crippen LogP) is 2.85. The van der Waals surface area contributed by atoms with Gasteiger partial charge in [0.25, 0.3) is 5.91 Å². The van der Waals surface area contributed by atoms with E-state index in [0.29, 0.717) is 10.8 Å². The number of anilines is 1. The second-order valence-corrected chi connectivity index (χ2v) is 4.56. The van der Waals surface area contributed by atoms with Crippen LogP contribution in [-0.2, 0) is 7.05 Å². The lowest BCUT2D eigenvalue weighted by Gasteiger charge is -2.07. The van der Waals surface area contributed by atoms with Crippen molar-refractivity contribution in [1.29, 1.82) is 5.26 Å². The molecule has 0 unspecified atom stereocenters. The van der Waals surface area contributed by atoms with Crippen LogP contribution in [0, 0.1) is 11.3 Å². The summed E-state index contributed by atoms with van der Waals surface area (Å²) in [4.78, 5) is 12.1. The summed E-state index contributed by atoms with van der Waals surface area (Å²) in [6, 6.07) is 6.53. The third-order valence-corrected chi connectivity index (χ3v) is 3.03. The number of aryl methyl sites for hydroxylation is 1. The fourth-order valence-corrected chi connectivity index (χ4v) is 1.89. The number of hydrogen-bond acceptors (Lipinski definition) is 3. The number of rotatable bonds is 2. The third kappa shape index (κ3) is 2.70. The van der Waals surface area contributed by atoms with Crippen molar-refractivity contribution in [3.63, 3.8) is 0 Å². The van der Waals surface area contributed by atoms with Gasteiger partial charge in [0.1, 0.15) is 17.5 Å². The van der Waals surface area contributed by atoms with Gasteiger partial charge in [-0.05, 0) is 18.2 Å². The Morgan fingerprint density at radius 3 is 2.89 bits per heavy atom. The lowest BCUT2D eigenvalue weighted by atomic mass is 10.2. The molecule has 96 valence electrons. The van der Waals surface area contributed by atoms with Crippen LogP contribution in [0.5, 0.6) is 0 Å². The van der Waals surface area contributed by atoms with E-state index >= 15 is 0 Å². The number of nitrogens with one attached hydrogen (secondary N) is 1. The Bertz CT molecular complexity index is 688. The minimum Gasteiger partial charge on any atom is -0.306 e. The fraction of sp³-hybridized carbons (Fsp3) is 0.0833. The molecule has 0 aliphatic heterocycles. The van der Waals surface area contributed by atoms with Crippen LogP contribution in [0.4, 0.5) is 5.82 Å². The number of benzene rings is 1. The first-order valence-electron chi connectivity index (χ1n) is 5.21. The molecule has 0 atom stereocenters. The number of amides is 1. The molecule has 0 saturated heterocycles. The molecule has 2 rings (SSSR count). The molecule has 19 heavy (non-hydrogen) atoms. The minimum absolute atomic E-state index is 0.235. The van der Waals surface area contributed by atoms with Crippen LogP contribution < -0.4 is 5.32 Å². The molecule has 0 radical (unpaired) electrons. The fourth-order valence-electron chi connectivity index (χ4n) is 1.51. The predicted molar refractivity (Wildman–Crippen MR) is 72.3 cm³/mol. The molecule has 0 spiro atoms. The van der Waals surface area contributed by atoms with Gasteiger partial charge in [-0.25, -0.2) is 0 Å². The molecule has 7 heteroatoms. The van der Waals surface area contributed by atoms with Crippen molar-refractivity contribution in [3.05, 3.63) is 45.6 Å². The molecular weight excluding hydrogens is 287 g/mol. The number of halogens is 2. The lowest BCUT2D eigenvalue weighted by Crippen LogP contribution is -2.15. The highest BCUT2D eigenvalue weighted by molar-refractivity contribution is 6.36. The molecule has 1 amide bonds. The van der Waals surface area contributed by atoms with Crippen LogP contribution >= 0.6 is 23.2 Å². The second-order valence-electron chi connectivity index (χ2n) is 3.72. The number of aromatic nitrogens is 2. The highest BCUT2D eigenvalue weighted by Gasteiger charge is 2.15. The molecular formula is C12H8Cl2N4O. The maximum absolute atomic E-state index is 12.1. The van der Waals surface area contributed by atoms with Crippen LogP contribution in [-0.4, -0.2) is 15.7 Å². The number of nitriles is 1. The molecule has 0 aliphatic rings. The molecule has 0 fully saturated rings. The summed E-state index contributed by atoms with van der Waals surface area (Å²) in [6.07, 6.45) is 1.37. The molecule has 1 N–H and O–H groups in total. The molecule has 1 aromatic heterocycles. The number of carbonyl (C=O) groups is 1. The van der Waals surface area contributed by atoms with Crippen molar-refractivity contribution in [2.24, 2.45) is 7.05 Å². The van der Waals surface area contributed by atoms with E-state index in [1.807, 2.05) is 6.07 Å². The van der Waals surface area contributed by atoms with Gasteiger partial charge in [0.2, 0.25) is 0 Å². The molecule has 1 heterocycles. The van der Waals surface area contributed by atoms with Crippen molar-refractivity contribution in [1.82, 2.24) is 9.78 Å². The summed E-state index contributed by atoms with van der Waals surface area (Å²) in [5.74, 6) is -0.142. The van der Waals surface area contributed by atoms with E-state index in [-0.39, 0.29) is 16.1 Å². The highest BCUT2D eigenvalue weighted by atomic mass is 35.5. The lowest BCUT2D eigenvalue weighted by molar-refractivity contribution is 0.102. The maximum atomic E-state index is 12.1. The third-order valence-electron chi connectivity index (χ3n) is 2.46. The van der Waals surface area contributed by atoms with Crippen molar-refractivity contribution in [3.8, 4) is 6.07 Å². The average Bonchev–Trinajstić information content (AvgIpc) is 2.73. The Hall–Kier alpha value is -2.03. The van der Waals surface area contributed by atoms with E-state index in [2.05, 4.69) is 10.4 Å². The second kappa shape index (κ2) is 5.31. The smallest absolute Gasteiger partial charge is 0.258 e. The molecule has 0 saturated carbocycles. The first kappa shape index (κ1) is 13.4. The maximum Gasteiger partial charge on any atom is 0.258 e. The van der Waals surface area contributed by atoms with E-state index in [9.17, 15) is 4.79 Å². The molecule has 2 aromatic rings. The van der Waals surface area contributed by atoms with Gasteiger partial charge < -0.3 is 5.32 Å². The van der Waals surface area contributed by atoms with Crippen LogP contribution in [0.1, 0.15) is 15.9 Å². The Morgan fingerprint density at radius 2 is 2.21 bits per heavy atom. The van der Waals surface area contributed by atoms with Crippen LogP contribution in [0.15, 0.2) is 24.4 Å². The van der Waals surface area contributed by atoms with Crippen LogP contribution in [0.2, 0.25) is 10.0 Å². The van der Waals surface area contributed by atoms with Crippen molar-refractivity contribution in [2.45, 2.75) is 0 Å². The average molecular weight is 295 g/mol. The van der Waals surface area contributed by atoms with Gasteiger partial charge in [-0.1, -0.05) is 23.2 Å². The molecule has 0 aliphatic carbocycles. The Kier molecular flexibility index (Phi) is 3.74. The van der Waals surface area contributed by atoms with Crippen LogP contribution in [0.3, 0.4) is 0 Å². The van der Waals surface area contributed by atoms with E-state index in [1.165, 1.54) is 23.0 Å². The Morgan fingerprint density at radius 1 is 1.47 bits per heavy atom. The zero-order valence-corrected chi connectivity index (χ0v) is 11.3. The zero-order chi connectivity index (χ0) is 14.0. The zero-order valence-electron chi connectivity index (χ0n) is 9.82. The Labute approximate surface area is 119 Å². The van der Waals surface area contributed by atoms with Crippen molar-refractivity contribution < 1.29 is 4.79 Å². The van der Waals surface area contributed by atoms with Crippen LogP contribution in [0.25, 0.3) is 0 Å². The van der Waals surface area contributed by atoms with Gasteiger partial charge in [-0.2, -0.15) is 10.4 Å². The number of carbonyl (C=O) groups excluding carboxylic acids is 1. The highest BCUT2D eigenvalue weighted by Crippen LogP contribution is 2.22. The summed E-state index contributed by atoms with van der Waals surface area (Å²) >= 11 is 11.8. The number of nitrogens with zero attached hydrogens (tertiary/aromatic N) is 3. The minimum atomic E-state index is -0.451. The molecule has 0 bridgehead atoms. The summed E-state index contributed by atoms with van der Waals surface area (Å²) in [5.41, 5.74) is 0.508. The normalized spacial score (nSPS) is 10.0. The topological polar surface area (TPSA) is 70.7 Å². The molecule has 5 nitrogen and oxygen atoms in total. The number of hydrogen-bond donors (Lipinski definition) is 1. The first-order chi connectivity index (χ1) is 9.02. The first-order valence-corrected chi connectivity index (χ1v) is 5.97. The van der Waals surface area contributed by atoms with E-state index in [1.54, 1.807) is 13.1 Å². The monoisotopic (exact) mass is 294 g/mol. The van der Waals surface area contributed by atoms with Gasteiger partial charge in [0.05, 0.1) is 16.8 Å². The standard InChI is InChI=1S/C12H8Cl2N4O/c1-18-11(7(5-15)6-16-18)17-12(19)9-4-8(13)2-3-10(9)14/h2-4,6H,1H3,(H,17,19). The van der Waals surface area contributed by atoms with E-state index < -0.39 is 5.91 Å². The quantitative estimate of drug-likeness (QED) is 0.926. The van der Waals surface area contributed by atoms with E-state index in [4.69, 9.17) is 28.5 Å². The summed E-state index contributed by atoms with van der Waals surface area (Å²) in [7, 11) is 1.62. The summed E-state index contributed by atoms with van der Waals surface area (Å²) in [6.45, 7) is 0. The summed E-state index contributed by atoms with van der Waals surface area (Å²) in [5, 5.41) is 16.1. The van der Waals surface area contributed by atoms with Gasteiger partial charge in [0, 0.05) is 12.1 Å². The van der Waals surface area contributed by atoms with E-state index in [0.717, 1.165) is 0 Å². The van der Waals surface area contributed by atoms with Crippen molar-refractivity contribution in [2.75, 3.05) is 5.32 Å². The van der Waals surface area contributed by atoms with Gasteiger partial charge in [0.15, 0.2) is 0 Å². The molecule has 1 aromatic carbocycles. The SMILES string of the molecule is Cn1ncc(C#N)c1NC(=O)c1cc(Cl)ccc1Cl. The largest absolute Gasteiger partial charge is 0.306 e. The van der Waals surface area contributed by atoms with Gasteiger partial charge in [-0.3, -0.25) is 9.48 Å². The van der Waals surface area contributed by atoms with Gasteiger partial charge >= 0.3 is 0 Å². The summed E-state index contributed by atoms with van der Waals surface area (Å²) < 4.78 is 1.40. The van der Waals surface area contributed by atoms with Gasteiger partial charge in [-0.15, -0.1) is 0 Å². The Balaban J connectivity index is 2.34. The van der Waals surface area contributed by atoms with Crippen molar-refractivity contribution >= 4 is 34.9 Å².